The zero-order valence-corrected chi connectivity index (χ0v) is 13.5. The van der Waals surface area contributed by atoms with Crippen LogP contribution in [0.4, 0.5) is 0 Å². The number of imidazole rings is 1. The molecule has 1 aliphatic heterocycles. The van der Waals surface area contributed by atoms with E-state index >= 15 is 0 Å². The molecule has 1 amide bonds. The molecule has 0 radical (unpaired) electrons. The maximum absolute atomic E-state index is 12.5. The van der Waals surface area contributed by atoms with Gasteiger partial charge in [0.25, 0.3) is 5.91 Å². The molecule has 0 N–H and O–H groups in total. The van der Waals surface area contributed by atoms with Crippen molar-refractivity contribution >= 4 is 5.91 Å². The van der Waals surface area contributed by atoms with Crippen LogP contribution in [0.5, 0.6) is 0 Å². The fraction of sp³-hybridized carbons (Fsp3) is 0.750. The van der Waals surface area contributed by atoms with E-state index in [-0.39, 0.29) is 11.3 Å². The third kappa shape index (κ3) is 2.77. The number of methoxy groups -OCH3 is 1. The Balaban J connectivity index is 1.54. The molecular weight excluding hydrogens is 282 g/mol. The van der Waals surface area contributed by atoms with Crippen LogP contribution < -0.4 is 0 Å². The van der Waals surface area contributed by atoms with Gasteiger partial charge in [-0.05, 0) is 25.7 Å². The van der Waals surface area contributed by atoms with Gasteiger partial charge in [0, 0.05) is 45.1 Å². The second kappa shape index (κ2) is 6.38. The molecule has 1 spiro atoms. The molecular formula is C16H25N3O3. The number of likely N-dealkylation sites (tertiary alicyclic amines) is 1. The van der Waals surface area contributed by atoms with Crippen molar-refractivity contribution in [1.82, 2.24) is 14.5 Å². The van der Waals surface area contributed by atoms with Crippen molar-refractivity contribution in [3.63, 3.8) is 0 Å². The van der Waals surface area contributed by atoms with Gasteiger partial charge >= 0.3 is 0 Å². The molecule has 22 heavy (non-hydrogen) atoms. The highest BCUT2D eigenvalue weighted by Gasteiger charge is 2.49. The Hall–Kier alpha value is -1.40. The summed E-state index contributed by atoms with van der Waals surface area (Å²) in [5.41, 5.74) is 0.284. The summed E-state index contributed by atoms with van der Waals surface area (Å²) >= 11 is 0. The lowest BCUT2D eigenvalue weighted by Gasteiger charge is -2.53. The van der Waals surface area contributed by atoms with Crippen LogP contribution in [0.15, 0.2) is 12.4 Å². The van der Waals surface area contributed by atoms with Crippen molar-refractivity contribution in [2.24, 2.45) is 12.5 Å². The Labute approximate surface area is 131 Å². The average Bonchev–Trinajstić information content (AvgIpc) is 2.96. The van der Waals surface area contributed by atoms with E-state index in [9.17, 15) is 4.79 Å². The molecule has 1 aliphatic carbocycles. The lowest BCUT2D eigenvalue weighted by atomic mass is 9.60. The van der Waals surface area contributed by atoms with E-state index in [1.807, 2.05) is 18.1 Å². The highest BCUT2D eigenvalue weighted by molar-refractivity contribution is 5.90. The zero-order chi connectivity index (χ0) is 15.6. The van der Waals surface area contributed by atoms with Crippen LogP contribution in [0.2, 0.25) is 0 Å². The van der Waals surface area contributed by atoms with Crippen molar-refractivity contribution in [3.8, 4) is 0 Å². The van der Waals surface area contributed by atoms with Crippen molar-refractivity contribution in [2.45, 2.75) is 31.8 Å². The first-order chi connectivity index (χ1) is 10.7. The number of carbonyl (C=O) groups is 1. The molecule has 2 aliphatic rings. The fourth-order valence-electron chi connectivity index (χ4n) is 3.64. The van der Waals surface area contributed by atoms with Crippen LogP contribution in [0, 0.1) is 5.41 Å². The van der Waals surface area contributed by atoms with E-state index in [0.29, 0.717) is 25.1 Å². The fourth-order valence-corrected chi connectivity index (χ4v) is 3.64. The highest BCUT2D eigenvalue weighted by Crippen LogP contribution is 2.50. The molecule has 2 heterocycles. The van der Waals surface area contributed by atoms with Crippen molar-refractivity contribution in [1.29, 1.82) is 0 Å². The number of piperidine rings is 1. The quantitative estimate of drug-likeness (QED) is 0.773. The van der Waals surface area contributed by atoms with E-state index in [1.165, 1.54) is 6.42 Å². The average molecular weight is 307 g/mol. The first-order valence-corrected chi connectivity index (χ1v) is 8.03. The summed E-state index contributed by atoms with van der Waals surface area (Å²) in [4.78, 5) is 18.6. The Morgan fingerprint density at radius 3 is 2.68 bits per heavy atom. The van der Waals surface area contributed by atoms with Crippen LogP contribution >= 0.6 is 0 Å². The molecule has 6 heteroatoms. The summed E-state index contributed by atoms with van der Waals surface area (Å²) in [6, 6.07) is 0. The summed E-state index contributed by atoms with van der Waals surface area (Å²) in [7, 11) is 3.55. The normalized spacial score (nSPS) is 23.5. The van der Waals surface area contributed by atoms with Gasteiger partial charge in [0.05, 0.1) is 19.3 Å². The van der Waals surface area contributed by atoms with Crippen LogP contribution in [0.3, 0.4) is 0 Å². The lowest BCUT2D eigenvalue weighted by molar-refractivity contribution is -0.139. The van der Waals surface area contributed by atoms with Crippen LogP contribution in [-0.2, 0) is 16.5 Å². The largest absolute Gasteiger partial charge is 0.382 e. The molecule has 3 rings (SSSR count). The number of aryl methyl sites for hydroxylation is 1. The van der Waals surface area contributed by atoms with Gasteiger partial charge in [-0.25, -0.2) is 4.98 Å². The zero-order valence-electron chi connectivity index (χ0n) is 13.5. The van der Waals surface area contributed by atoms with Crippen molar-refractivity contribution < 1.29 is 14.3 Å². The van der Waals surface area contributed by atoms with E-state index in [1.54, 1.807) is 17.9 Å². The maximum Gasteiger partial charge on any atom is 0.289 e. The topological polar surface area (TPSA) is 56.6 Å². The molecule has 1 aromatic rings. The Morgan fingerprint density at radius 1 is 1.36 bits per heavy atom. The Bertz CT molecular complexity index is 520. The summed E-state index contributed by atoms with van der Waals surface area (Å²) in [6.07, 6.45) is 8.23. The number of ether oxygens (including phenoxy) is 2. The van der Waals surface area contributed by atoms with Crippen LogP contribution in [-0.4, -0.2) is 59.9 Å². The molecule has 1 aromatic heterocycles. The summed E-state index contributed by atoms with van der Waals surface area (Å²) in [5, 5.41) is 0. The molecule has 2 fully saturated rings. The molecule has 1 saturated carbocycles. The maximum atomic E-state index is 12.5. The molecule has 1 unspecified atom stereocenters. The number of aromatic nitrogens is 2. The number of hydrogen-bond donors (Lipinski definition) is 0. The number of nitrogens with zero attached hydrogens (tertiary/aromatic N) is 3. The number of amides is 1. The molecule has 0 aromatic carbocycles. The lowest BCUT2D eigenvalue weighted by Crippen LogP contribution is -2.54. The van der Waals surface area contributed by atoms with E-state index in [0.717, 1.165) is 32.4 Å². The Morgan fingerprint density at radius 2 is 2.14 bits per heavy atom. The van der Waals surface area contributed by atoms with E-state index < -0.39 is 0 Å². The highest BCUT2D eigenvalue weighted by atomic mass is 16.5. The molecule has 1 atom stereocenters. The third-order valence-electron chi connectivity index (χ3n) is 5.25. The van der Waals surface area contributed by atoms with Crippen molar-refractivity contribution in [3.05, 3.63) is 18.2 Å². The van der Waals surface area contributed by atoms with Gasteiger partial charge in [-0.15, -0.1) is 0 Å². The van der Waals surface area contributed by atoms with Gasteiger partial charge in [0.2, 0.25) is 0 Å². The summed E-state index contributed by atoms with van der Waals surface area (Å²) in [5.74, 6) is 0.566. The van der Waals surface area contributed by atoms with Gasteiger partial charge in [0.1, 0.15) is 0 Å². The minimum atomic E-state index is 0.0403. The monoisotopic (exact) mass is 307 g/mol. The minimum absolute atomic E-state index is 0.0403. The van der Waals surface area contributed by atoms with Gasteiger partial charge in [-0.2, -0.15) is 0 Å². The smallest absolute Gasteiger partial charge is 0.289 e. The predicted molar refractivity (Wildman–Crippen MR) is 81.6 cm³/mol. The molecule has 122 valence electrons. The van der Waals surface area contributed by atoms with E-state index in [2.05, 4.69) is 4.98 Å². The van der Waals surface area contributed by atoms with Gasteiger partial charge in [0.15, 0.2) is 5.82 Å². The van der Waals surface area contributed by atoms with Crippen molar-refractivity contribution in [2.75, 3.05) is 33.4 Å². The SMILES string of the molecule is COCCOC1CCC12CCN(C(=O)c1nccn1C)CC2. The molecule has 0 bridgehead atoms. The number of carbonyl (C=O) groups excluding carboxylic acids is 1. The first kappa shape index (κ1) is 15.5. The van der Waals surface area contributed by atoms with Gasteiger partial charge in [-0.1, -0.05) is 0 Å². The summed E-state index contributed by atoms with van der Waals surface area (Å²) < 4.78 is 12.8. The number of rotatable bonds is 5. The summed E-state index contributed by atoms with van der Waals surface area (Å²) in [6.45, 7) is 2.92. The van der Waals surface area contributed by atoms with Gasteiger partial charge < -0.3 is 18.9 Å². The third-order valence-corrected chi connectivity index (χ3v) is 5.25. The Kier molecular flexibility index (Phi) is 4.49. The van der Waals surface area contributed by atoms with Crippen LogP contribution in [0.25, 0.3) is 0 Å². The molecule has 1 saturated heterocycles. The first-order valence-electron chi connectivity index (χ1n) is 8.03. The second-order valence-corrected chi connectivity index (χ2v) is 6.41. The standard InChI is InChI=1S/C16H25N3O3/c1-18-10-7-17-14(18)15(20)19-8-5-16(6-9-19)4-3-13(16)22-12-11-21-2/h7,10,13H,3-6,8-9,11-12H2,1-2H3. The van der Waals surface area contributed by atoms with Crippen LogP contribution in [0.1, 0.15) is 36.3 Å². The predicted octanol–water partition coefficient (Wildman–Crippen LogP) is 1.47. The second-order valence-electron chi connectivity index (χ2n) is 6.41. The van der Waals surface area contributed by atoms with E-state index in [4.69, 9.17) is 9.47 Å². The molecule has 6 nitrogen and oxygen atoms in total. The number of hydrogen-bond acceptors (Lipinski definition) is 4. The van der Waals surface area contributed by atoms with Gasteiger partial charge in [-0.3, -0.25) is 4.79 Å². The minimum Gasteiger partial charge on any atom is -0.382 e.